The van der Waals surface area contributed by atoms with E-state index >= 15 is 0 Å². The van der Waals surface area contributed by atoms with Crippen LogP contribution in [0, 0.1) is 0 Å². The minimum absolute atomic E-state index is 0.0635. The highest BCUT2D eigenvalue weighted by atomic mass is 16.2. The van der Waals surface area contributed by atoms with E-state index in [2.05, 4.69) is 11.4 Å². The van der Waals surface area contributed by atoms with E-state index in [0.29, 0.717) is 18.8 Å². The summed E-state index contributed by atoms with van der Waals surface area (Å²) in [5, 5.41) is 3.34. The highest BCUT2D eigenvalue weighted by Gasteiger charge is 2.32. The zero-order valence-electron chi connectivity index (χ0n) is 10.9. The van der Waals surface area contributed by atoms with Gasteiger partial charge in [-0.1, -0.05) is 18.2 Å². The Morgan fingerprint density at radius 3 is 2.32 bits per heavy atom. The molecule has 1 N–H and O–H groups in total. The molecule has 4 heteroatoms. The first kappa shape index (κ1) is 12.4. The molecule has 2 aliphatic heterocycles. The molecule has 0 spiro atoms. The maximum absolute atomic E-state index is 11.9. The molecule has 2 aliphatic rings. The fourth-order valence-electron chi connectivity index (χ4n) is 3.01. The van der Waals surface area contributed by atoms with Crippen molar-refractivity contribution >= 4 is 17.5 Å². The van der Waals surface area contributed by atoms with Gasteiger partial charge in [-0.05, 0) is 43.5 Å². The Balaban J connectivity index is 1.96. The van der Waals surface area contributed by atoms with Crippen LogP contribution in [0.4, 0.5) is 5.69 Å². The summed E-state index contributed by atoms with van der Waals surface area (Å²) in [6.45, 7) is 2.00. The molecule has 0 aromatic heterocycles. The summed E-state index contributed by atoms with van der Waals surface area (Å²) in [7, 11) is 0. The molecule has 0 atom stereocenters. The van der Waals surface area contributed by atoms with Gasteiger partial charge in [0.25, 0.3) is 0 Å². The van der Waals surface area contributed by atoms with Gasteiger partial charge in [0.15, 0.2) is 0 Å². The van der Waals surface area contributed by atoms with Gasteiger partial charge in [-0.2, -0.15) is 0 Å². The molecular weight excluding hydrogens is 240 g/mol. The second-order valence-electron chi connectivity index (χ2n) is 5.21. The number of nitrogens with one attached hydrogen (secondary N) is 1. The Morgan fingerprint density at radius 1 is 1.00 bits per heavy atom. The molecule has 2 saturated heterocycles. The molecule has 2 amide bonds. The number of benzene rings is 1. The Morgan fingerprint density at radius 2 is 1.63 bits per heavy atom. The first-order valence-electron chi connectivity index (χ1n) is 6.93. The average molecular weight is 258 g/mol. The van der Waals surface area contributed by atoms with E-state index in [-0.39, 0.29) is 11.8 Å². The van der Waals surface area contributed by atoms with Crippen molar-refractivity contribution in [1.82, 2.24) is 5.32 Å². The molecule has 0 aliphatic carbocycles. The van der Waals surface area contributed by atoms with Crippen LogP contribution in [0.15, 0.2) is 24.3 Å². The van der Waals surface area contributed by atoms with Crippen molar-refractivity contribution < 1.29 is 9.59 Å². The maximum atomic E-state index is 11.9. The smallest absolute Gasteiger partial charge is 0.234 e. The van der Waals surface area contributed by atoms with Crippen molar-refractivity contribution in [2.75, 3.05) is 18.0 Å². The van der Waals surface area contributed by atoms with Crippen LogP contribution in [0.5, 0.6) is 0 Å². The van der Waals surface area contributed by atoms with E-state index in [1.165, 1.54) is 4.90 Å². The van der Waals surface area contributed by atoms with Crippen LogP contribution in [0.2, 0.25) is 0 Å². The van der Waals surface area contributed by atoms with Crippen LogP contribution >= 0.6 is 0 Å². The van der Waals surface area contributed by atoms with Gasteiger partial charge in [0, 0.05) is 12.8 Å². The number of piperidine rings is 1. The van der Waals surface area contributed by atoms with Crippen LogP contribution < -0.4 is 10.2 Å². The molecule has 1 aromatic rings. The molecule has 0 bridgehead atoms. The van der Waals surface area contributed by atoms with Gasteiger partial charge in [0.05, 0.1) is 5.69 Å². The zero-order valence-corrected chi connectivity index (χ0v) is 10.9. The first-order chi connectivity index (χ1) is 9.27. The van der Waals surface area contributed by atoms with E-state index in [1.54, 1.807) is 0 Å². The van der Waals surface area contributed by atoms with Crippen LogP contribution in [-0.4, -0.2) is 24.9 Å². The molecule has 0 radical (unpaired) electrons. The summed E-state index contributed by atoms with van der Waals surface area (Å²) in [5.74, 6) is 0.316. The van der Waals surface area contributed by atoms with Gasteiger partial charge in [-0.15, -0.1) is 0 Å². The SMILES string of the molecule is O=C1CCC(=O)N1c1ccccc1C1CCNCC1. The third kappa shape index (κ3) is 2.28. The predicted octanol–water partition coefficient (Wildman–Crippen LogP) is 1.81. The molecule has 1 aromatic carbocycles. The maximum Gasteiger partial charge on any atom is 0.234 e. The van der Waals surface area contributed by atoms with Crippen molar-refractivity contribution in [1.29, 1.82) is 0 Å². The number of hydrogen-bond acceptors (Lipinski definition) is 3. The molecule has 4 nitrogen and oxygen atoms in total. The number of hydrogen-bond donors (Lipinski definition) is 1. The lowest BCUT2D eigenvalue weighted by Crippen LogP contribution is -2.32. The van der Waals surface area contributed by atoms with E-state index < -0.39 is 0 Å². The number of carbonyl (C=O) groups excluding carboxylic acids is 2. The predicted molar refractivity (Wildman–Crippen MR) is 73.0 cm³/mol. The van der Waals surface area contributed by atoms with Gasteiger partial charge in [0.2, 0.25) is 11.8 Å². The highest BCUT2D eigenvalue weighted by Crippen LogP contribution is 2.35. The summed E-state index contributed by atoms with van der Waals surface area (Å²) in [6.07, 6.45) is 2.82. The summed E-state index contributed by atoms with van der Waals surface area (Å²) < 4.78 is 0. The van der Waals surface area contributed by atoms with Crippen LogP contribution in [-0.2, 0) is 9.59 Å². The standard InChI is InChI=1S/C15H18N2O2/c18-14-5-6-15(19)17(14)13-4-2-1-3-12(13)11-7-9-16-10-8-11/h1-4,11,16H,5-10H2. The van der Waals surface area contributed by atoms with Gasteiger partial charge < -0.3 is 5.32 Å². The fraction of sp³-hybridized carbons (Fsp3) is 0.467. The van der Waals surface area contributed by atoms with Crippen molar-refractivity contribution in [3.63, 3.8) is 0 Å². The molecule has 0 unspecified atom stereocenters. The van der Waals surface area contributed by atoms with E-state index in [1.807, 2.05) is 18.2 Å². The van der Waals surface area contributed by atoms with E-state index in [9.17, 15) is 9.59 Å². The third-order valence-electron chi connectivity index (χ3n) is 4.01. The molecule has 19 heavy (non-hydrogen) atoms. The van der Waals surface area contributed by atoms with Gasteiger partial charge in [-0.3, -0.25) is 14.5 Å². The summed E-state index contributed by atoms with van der Waals surface area (Å²) in [4.78, 5) is 25.2. The first-order valence-corrected chi connectivity index (χ1v) is 6.93. The largest absolute Gasteiger partial charge is 0.317 e. The second-order valence-corrected chi connectivity index (χ2v) is 5.21. The number of imide groups is 1. The lowest BCUT2D eigenvalue weighted by Gasteiger charge is -2.27. The molecule has 100 valence electrons. The Bertz CT molecular complexity index is 491. The van der Waals surface area contributed by atoms with Crippen molar-refractivity contribution in [2.24, 2.45) is 0 Å². The minimum atomic E-state index is -0.0635. The third-order valence-corrected chi connectivity index (χ3v) is 4.01. The monoisotopic (exact) mass is 258 g/mol. The van der Waals surface area contributed by atoms with E-state index in [0.717, 1.165) is 37.2 Å². The Labute approximate surface area is 112 Å². The molecule has 2 heterocycles. The molecular formula is C15H18N2O2. The quantitative estimate of drug-likeness (QED) is 0.823. The summed E-state index contributed by atoms with van der Waals surface area (Å²) in [5.41, 5.74) is 1.95. The summed E-state index contributed by atoms with van der Waals surface area (Å²) in [6, 6.07) is 7.85. The molecule has 2 fully saturated rings. The normalized spacial score (nSPS) is 21.2. The van der Waals surface area contributed by atoms with E-state index in [4.69, 9.17) is 0 Å². The number of rotatable bonds is 2. The fourth-order valence-corrected chi connectivity index (χ4v) is 3.01. The summed E-state index contributed by atoms with van der Waals surface area (Å²) >= 11 is 0. The Kier molecular flexibility index (Phi) is 3.34. The van der Waals surface area contributed by atoms with Gasteiger partial charge in [-0.25, -0.2) is 0 Å². The van der Waals surface area contributed by atoms with Crippen LogP contribution in [0.25, 0.3) is 0 Å². The van der Waals surface area contributed by atoms with Crippen LogP contribution in [0.3, 0.4) is 0 Å². The van der Waals surface area contributed by atoms with Crippen molar-refractivity contribution in [3.05, 3.63) is 29.8 Å². The Hall–Kier alpha value is -1.68. The second kappa shape index (κ2) is 5.13. The lowest BCUT2D eigenvalue weighted by molar-refractivity contribution is -0.121. The highest BCUT2D eigenvalue weighted by molar-refractivity contribution is 6.20. The average Bonchev–Trinajstić information content (AvgIpc) is 2.79. The number of amides is 2. The topological polar surface area (TPSA) is 49.4 Å². The number of anilines is 1. The van der Waals surface area contributed by atoms with Crippen molar-refractivity contribution in [3.8, 4) is 0 Å². The number of carbonyl (C=O) groups is 2. The minimum Gasteiger partial charge on any atom is -0.317 e. The molecule has 0 saturated carbocycles. The number of nitrogens with zero attached hydrogens (tertiary/aromatic N) is 1. The van der Waals surface area contributed by atoms with Gasteiger partial charge in [0.1, 0.15) is 0 Å². The molecule has 3 rings (SSSR count). The van der Waals surface area contributed by atoms with Crippen LogP contribution in [0.1, 0.15) is 37.2 Å². The van der Waals surface area contributed by atoms with Gasteiger partial charge >= 0.3 is 0 Å². The number of para-hydroxylation sites is 1. The zero-order chi connectivity index (χ0) is 13.2. The lowest BCUT2D eigenvalue weighted by atomic mass is 9.89. The van der Waals surface area contributed by atoms with Crippen molar-refractivity contribution in [2.45, 2.75) is 31.6 Å².